The largest absolute Gasteiger partial charge is 0.491 e. The first-order valence-corrected chi connectivity index (χ1v) is 5.51. The molecule has 0 aliphatic heterocycles. The molecule has 0 N–H and O–H groups in total. The van der Waals surface area contributed by atoms with Crippen LogP contribution in [-0.4, -0.2) is 19.8 Å². The first kappa shape index (κ1) is 12.6. The molecule has 0 bridgehead atoms. The van der Waals surface area contributed by atoms with Gasteiger partial charge in [0.1, 0.15) is 12.4 Å². The summed E-state index contributed by atoms with van der Waals surface area (Å²) >= 11 is 0. The van der Waals surface area contributed by atoms with Crippen molar-refractivity contribution in [2.75, 3.05) is 19.8 Å². The lowest BCUT2D eigenvalue weighted by Crippen LogP contribution is -2.06. The van der Waals surface area contributed by atoms with E-state index in [0.29, 0.717) is 13.2 Å². The Morgan fingerprint density at radius 3 is 2.69 bits per heavy atom. The molecular formula is C14H18O2. The number of hydrogen-bond donors (Lipinski definition) is 0. The van der Waals surface area contributed by atoms with Crippen molar-refractivity contribution in [2.24, 2.45) is 0 Å². The van der Waals surface area contributed by atoms with Crippen LogP contribution in [0.3, 0.4) is 0 Å². The van der Waals surface area contributed by atoms with Crippen LogP contribution in [0.4, 0.5) is 0 Å². The quantitative estimate of drug-likeness (QED) is 0.559. The minimum absolute atomic E-state index is 0.580. The summed E-state index contributed by atoms with van der Waals surface area (Å²) in [6.45, 7) is 7.77. The van der Waals surface area contributed by atoms with Gasteiger partial charge in [0.05, 0.1) is 6.61 Å². The molecule has 0 heterocycles. The Balaban J connectivity index is 2.60. The lowest BCUT2D eigenvalue weighted by atomic mass is 10.1. The van der Waals surface area contributed by atoms with Crippen LogP contribution in [0.1, 0.15) is 25.0 Å². The van der Waals surface area contributed by atoms with Gasteiger partial charge in [0.15, 0.2) is 0 Å². The highest BCUT2D eigenvalue weighted by molar-refractivity contribution is 5.42. The smallest absolute Gasteiger partial charge is 0.120 e. The van der Waals surface area contributed by atoms with E-state index in [2.05, 4.69) is 11.8 Å². The molecule has 0 fully saturated rings. The molecule has 0 aliphatic rings. The topological polar surface area (TPSA) is 18.5 Å². The van der Waals surface area contributed by atoms with Gasteiger partial charge < -0.3 is 9.47 Å². The molecule has 16 heavy (non-hydrogen) atoms. The van der Waals surface area contributed by atoms with Crippen molar-refractivity contribution in [3.05, 3.63) is 29.3 Å². The third kappa shape index (κ3) is 4.37. The van der Waals surface area contributed by atoms with Crippen LogP contribution < -0.4 is 4.74 Å². The average Bonchev–Trinajstić information content (AvgIpc) is 2.24. The molecule has 0 spiro atoms. The van der Waals surface area contributed by atoms with Crippen molar-refractivity contribution in [1.29, 1.82) is 0 Å². The third-order valence-corrected chi connectivity index (χ3v) is 2.02. The first-order valence-electron chi connectivity index (χ1n) is 5.51. The van der Waals surface area contributed by atoms with E-state index in [1.165, 1.54) is 0 Å². The number of ether oxygens (including phenoxy) is 2. The molecule has 0 saturated carbocycles. The van der Waals surface area contributed by atoms with Crippen LogP contribution in [0.2, 0.25) is 0 Å². The standard InChI is InChI=1S/C14H18O2/c1-4-6-13-9-12(3)10-14(11-13)16-8-7-15-5-2/h9-11H,5,7-8H2,1-3H3. The Morgan fingerprint density at radius 2 is 2.00 bits per heavy atom. The molecule has 2 heteroatoms. The summed E-state index contributed by atoms with van der Waals surface area (Å²) in [6.07, 6.45) is 0. The maximum atomic E-state index is 5.58. The van der Waals surface area contributed by atoms with E-state index in [1.807, 2.05) is 39.0 Å². The second-order valence-corrected chi connectivity index (χ2v) is 3.46. The van der Waals surface area contributed by atoms with Crippen molar-refractivity contribution >= 4 is 0 Å². The Bertz CT molecular complexity index is 385. The maximum Gasteiger partial charge on any atom is 0.120 e. The molecular weight excluding hydrogens is 200 g/mol. The molecule has 1 aromatic rings. The van der Waals surface area contributed by atoms with Crippen LogP contribution in [-0.2, 0) is 4.74 Å². The Morgan fingerprint density at radius 1 is 1.19 bits per heavy atom. The fourth-order valence-electron chi connectivity index (χ4n) is 1.41. The molecule has 86 valence electrons. The van der Waals surface area contributed by atoms with Crippen LogP contribution in [0.5, 0.6) is 5.75 Å². The van der Waals surface area contributed by atoms with E-state index >= 15 is 0 Å². The summed E-state index contributed by atoms with van der Waals surface area (Å²) in [5, 5.41) is 0. The molecule has 0 radical (unpaired) electrons. The lowest BCUT2D eigenvalue weighted by molar-refractivity contribution is 0.110. The van der Waals surface area contributed by atoms with Gasteiger partial charge in [0.25, 0.3) is 0 Å². The van der Waals surface area contributed by atoms with Gasteiger partial charge in [-0.2, -0.15) is 0 Å². The monoisotopic (exact) mass is 218 g/mol. The predicted molar refractivity (Wildman–Crippen MR) is 65.7 cm³/mol. The van der Waals surface area contributed by atoms with E-state index in [9.17, 15) is 0 Å². The summed E-state index contributed by atoms with van der Waals surface area (Å²) < 4.78 is 10.8. The summed E-state index contributed by atoms with van der Waals surface area (Å²) in [5.74, 6) is 6.77. The third-order valence-electron chi connectivity index (χ3n) is 2.02. The molecule has 0 atom stereocenters. The fourth-order valence-corrected chi connectivity index (χ4v) is 1.41. The van der Waals surface area contributed by atoms with Gasteiger partial charge in [-0.15, -0.1) is 5.92 Å². The highest BCUT2D eigenvalue weighted by Crippen LogP contribution is 2.16. The molecule has 0 unspecified atom stereocenters. The molecule has 1 aromatic carbocycles. The van der Waals surface area contributed by atoms with E-state index in [-0.39, 0.29) is 0 Å². The van der Waals surface area contributed by atoms with Gasteiger partial charge in [0.2, 0.25) is 0 Å². The highest BCUT2D eigenvalue weighted by atomic mass is 16.5. The van der Waals surface area contributed by atoms with Crippen molar-refractivity contribution in [3.63, 3.8) is 0 Å². The van der Waals surface area contributed by atoms with Gasteiger partial charge in [-0.05, 0) is 44.5 Å². The summed E-state index contributed by atoms with van der Waals surface area (Å²) in [7, 11) is 0. The Kier molecular flexibility index (Phi) is 5.45. The molecule has 2 nitrogen and oxygen atoms in total. The first-order chi connectivity index (χ1) is 7.76. The van der Waals surface area contributed by atoms with E-state index in [4.69, 9.17) is 9.47 Å². The molecule has 0 aliphatic carbocycles. The van der Waals surface area contributed by atoms with Crippen molar-refractivity contribution < 1.29 is 9.47 Å². The molecule has 0 amide bonds. The zero-order valence-corrected chi connectivity index (χ0v) is 10.2. The van der Waals surface area contributed by atoms with Crippen molar-refractivity contribution in [1.82, 2.24) is 0 Å². The van der Waals surface area contributed by atoms with Crippen molar-refractivity contribution in [2.45, 2.75) is 20.8 Å². The highest BCUT2D eigenvalue weighted by Gasteiger charge is 1.97. The van der Waals surface area contributed by atoms with Crippen LogP contribution in [0.15, 0.2) is 18.2 Å². The normalized spacial score (nSPS) is 9.44. The lowest BCUT2D eigenvalue weighted by Gasteiger charge is -2.07. The summed E-state index contributed by atoms with van der Waals surface area (Å²) in [6, 6.07) is 6.01. The second-order valence-electron chi connectivity index (χ2n) is 3.46. The number of hydrogen-bond acceptors (Lipinski definition) is 2. The zero-order chi connectivity index (χ0) is 11.8. The summed E-state index contributed by atoms with van der Waals surface area (Å²) in [5.41, 5.74) is 2.15. The van der Waals surface area contributed by atoms with Crippen molar-refractivity contribution in [3.8, 4) is 17.6 Å². The predicted octanol–water partition coefficient (Wildman–Crippen LogP) is 2.78. The summed E-state index contributed by atoms with van der Waals surface area (Å²) in [4.78, 5) is 0. The molecule has 1 rings (SSSR count). The number of aryl methyl sites for hydroxylation is 1. The van der Waals surface area contributed by atoms with E-state index < -0.39 is 0 Å². The number of benzene rings is 1. The Hall–Kier alpha value is -1.46. The van der Waals surface area contributed by atoms with E-state index in [1.54, 1.807) is 0 Å². The second kappa shape index (κ2) is 6.92. The minimum Gasteiger partial charge on any atom is -0.491 e. The average molecular weight is 218 g/mol. The van der Waals surface area contributed by atoms with E-state index in [0.717, 1.165) is 23.5 Å². The zero-order valence-electron chi connectivity index (χ0n) is 10.2. The van der Waals surface area contributed by atoms with Gasteiger partial charge in [-0.25, -0.2) is 0 Å². The minimum atomic E-state index is 0.580. The van der Waals surface area contributed by atoms with Gasteiger partial charge in [-0.3, -0.25) is 0 Å². The van der Waals surface area contributed by atoms with Gasteiger partial charge in [0, 0.05) is 12.2 Å². The SMILES string of the molecule is CC#Cc1cc(C)cc(OCCOCC)c1. The van der Waals surface area contributed by atoms with Crippen LogP contribution in [0.25, 0.3) is 0 Å². The number of rotatable bonds is 5. The van der Waals surface area contributed by atoms with Gasteiger partial charge in [-0.1, -0.05) is 5.92 Å². The molecule has 0 aromatic heterocycles. The van der Waals surface area contributed by atoms with Gasteiger partial charge >= 0.3 is 0 Å². The molecule has 0 saturated heterocycles. The fraction of sp³-hybridized carbons (Fsp3) is 0.429. The Labute approximate surface area is 97.6 Å². The maximum absolute atomic E-state index is 5.58. The van der Waals surface area contributed by atoms with Crippen LogP contribution >= 0.6 is 0 Å². The van der Waals surface area contributed by atoms with Crippen LogP contribution in [0, 0.1) is 18.8 Å².